The average Bonchev–Trinajstić information content (AvgIpc) is 2.87. The van der Waals surface area contributed by atoms with Gasteiger partial charge < -0.3 is 0 Å². The van der Waals surface area contributed by atoms with E-state index in [1.807, 2.05) is 0 Å². The highest BCUT2D eigenvalue weighted by Gasteiger charge is 2.22. The van der Waals surface area contributed by atoms with Gasteiger partial charge in [0, 0.05) is 0 Å². The van der Waals surface area contributed by atoms with Crippen LogP contribution in [0.15, 0.2) is 0 Å². The minimum atomic E-state index is -0.348. The van der Waals surface area contributed by atoms with Crippen molar-refractivity contribution in [2.24, 2.45) is 0 Å². The minimum absolute atomic E-state index is 0.348. The molecular formula is C34H72S. The summed E-state index contributed by atoms with van der Waals surface area (Å²) in [5, 5.41) is 0. The van der Waals surface area contributed by atoms with E-state index in [0.29, 0.717) is 0 Å². The van der Waals surface area contributed by atoms with Gasteiger partial charge in [0.25, 0.3) is 0 Å². The van der Waals surface area contributed by atoms with Crippen LogP contribution in [0.25, 0.3) is 0 Å². The quantitative estimate of drug-likeness (QED) is 0.0839. The van der Waals surface area contributed by atoms with Gasteiger partial charge in [-0.3, -0.25) is 0 Å². The first-order valence-corrected chi connectivity index (χ1v) is 19.3. The number of hydrogen-bond acceptors (Lipinski definition) is 0. The lowest BCUT2D eigenvalue weighted by Gasteiger charge is -2.41. The van der Waals surface area contributed by atoms with Crippen molar-refractivity contribution in [3.8, 4) is 0 Å². The summed E-state index contributed by atoms with van der Waals surface area (Å²) in [6.07, 6.45) is 38.4. The lowest BCUT2D eigenvalue weighted by molar-refractivity contribution is 0.538. The summed E-state index contributed by atoms with van der Waals surface area (Å²) in [7, 11) is -0.348. The number of hydrogen-bond donors (Lipinski definition) is 0. The molecule has 1 heteroatoms. The molecule has 1 unspecified atom stereocenters. The molecule has 0 heterocycles. The Balaban J connectivity index is 4.16. The summed E-state index contributed by atoms with van der Waals surface area (Å²) in [5.74, 6) is 6.44. The summed E-state index contributed by atoms with van der Waals surface area (Å²) < 4.78 is 0. The van der Waals surface area contributed by atoms with E-state index in [1.165, 1.54) is 161 Å². The molecule has 35 heavy (non-hydrogen) atoms. The SMILES string of the molecule is CCCCCCCCCCCCCCCCS(CCCC)(CCCCCC)CCCCCCCC. The van der Waals surface area contributed by atoms with Crippen LogP contribution < -0.4 is 0 Å². The first kappa shape index (κ1) is 35.4. The molecule has 0 amide bonds. The molecule has 0 spiro atoms. The Hall–Kier alpha value is 0.350. The van der Waals surface area contributed by atoms with Crippen LogP contribution in [0.5, 0.6) is 0 Å². The summed E-state index contributed by atoms with van der Waals surface area (Å²) in [6, 6.07) is 0. The van der Waals surface area contributed by atoms with E-state index in [9.17, 15) is 0 Å². The van der Waals surface area contributed by atoms with Crippen LogP contribution in [0.1, 0.15) is 195 Å². The lowest BCUT2D eigenvalue weighted by Crippen LogP contribution is -2.18. The summed E-state index contributed by atoms with van der Waals surface area (Å²) >= 11 is 0. The van der Waals surface area contributed by atoms with E-state index >= 15 is 0 Å². The van der Waals surface area contributed by atoms with Gasteiger partial charge >= 0.3 is 0 Å². The molecule has 0 aliphatic carbocycles. The monoisotopic (exact) mass is 513 g/mol. The second kappa shape index (κ2) is 28.9. The zero-order chi connectivity index (χ0) is 25.7. The standard InChI is InChI=1S/C34H72S/c1-5-9-13-16-18-19-20-21-22-23-24-25-27-30-34-35(31-12-8-4,32-28-15-11-7-3)33-29-26-17-14-10-6-2/h5-34H2,1-4H3. The Labute approximate surface area is 227 Å². The Morgan fingerprint density at radius 3 is 0.714 bits per heavy atom. The van der Waals surface area contributed by atoms with E-state index in [2.05, 4.69) is 27.7 Å². The molecule has 0 fully saturated rings. The minimum Gasteiger partial charge on any atom is -0.241 e. The van der Waals surface area contributed by atoms with Crippen molar-refractivity contribution in [2.75, 3.05) is 23.0 Å². The van der Waals surface area contributed by atoms with E-state index in [4.69, 9.17) is 0 Å². The van der Waals surface area contributed by atoms with E-state index in [0.717, 1.165) is 0 Å². The second-order valence-electron chi connectivity index (χ2n) is 11.8. The first-order valence-electron chi connectivity index (χ1n) is 17.0. The molecule has 1 atom stereocenters. The van der Waals surface area contributed by atoms with Gasteiger partial charge in [-0.1, -0.05) is 169 Å². The predicted molar refractivity (Wildman–Crippen MR) is 170 cm³/mol. The summed E-state index contributed by atoms with van der Waals surface area (Å²) in [6.45, 7) is 9.43. The van der Waals surface area contributed by atoms with Gasteiger partial charge in [-0.2, -0.15) is 0 Å². The number of rotatable bonds is 30. The molecule has 0 nitrogen and oxygen atoms in total. The molecule has 214 valence electrons. The smallest absolute Gasteiger partial charge is 0.0228 e. The molecule has 0 radical (unpaired) electrons. The summed E-state index contributed by atoms with van der Waals surface area (Å²) in [4.78, 5) is 0. The Kier molecular flexibility index (Phi) is 29.2. The second-order valence-corrected chi connectivity index (χ2v) is 15.9. The van der Waals surface area contributed by atoms with Gasteiger partial charge in [-0.15, -0.1) is 0 Å². The maximum absolute atomic E-state index is 2.42. The lowest BCUT2D eigenvalue weighted by atomic mass is 10.0. The Morgan fingerprint density at radius 2 is 0.429 bits per heavy atom. The zero-order valence-corrected chi connectivity index (χ0v) is 26.4. The first-order chi connectivity index (χ1) is 17.2. The third-order valence-electron chi connectivity index (χ3n) is 8.22. The van der Waals surface area contributed by atoms with E-state index in [1.54, 1.807) is 29.4 Å². The Bertz CT molecular complexity index is 379. The van der Waals surface area contributed by atoms with Crippen LogP contribution in [-0.4, -0.2) is 23.0 Å². The molecule has 0 aliphatic rings. The molecule has 0 aliphatic heterocycles. The molecular weight excluding hydrogens is 440 g/mol. The highest BCUT2D eigenvalue weighted by Crippen LogP contribution is 2.51. The van der Waals surface area contributed by atoms with Crippen molar-refractivity contribution in [3.63, 3.8) is 0 Å². The normalized spacial score (nSPS) is 14.3. The van der Waals surface area contributed by atoms with Gasteiger partial charge in [0.1, 0.15) is 0 Å². The van der Waals surface area contributed by atoms with Crippen molar-refractivity contribution in [3.05, 3.63) is 0 Å². The Morgan fingerprint density at radius 1 is 0.229 bits per heavy atom. The van der Waals surface area contributed by atoms with Gasteiger partial charge in [0.05, 0.1) is 0 Å². The molecule has 0 aromatic rings. The van der Waals surface area contributed by atoms with Crippen LogP contribution in [0.3, 0.4) is 0 Å². The number of unbranched alkanes of at least 4 members (excludes halogenated alkanes) is 22. The fraction of sp³-hybridized carbons (Fsp3) is 1.00. The molecule has 0 saturated carbocycles. The van der Waals surface area contributed by atoms with Crippen molar-refractivity contribution in [2.45, 2.75) is 195 Å². The van der Waals surface area contributed by atoms with Crippen LogP contribution in [0.4, 0.5) is 0 Å². The zero-order valence-electron chi connectivity index (χ0n) is 25.6. The van der Waals surface area contributed by atoms with Gasteiger partial charge in [-0.25, -0.2) is 10.0 Å². The molecule has 0 saturated heterocycles. The predicted octanol–water partition coefficient (Wildman–Crippen LogP) is 13.0. The fourth-order valence-corrected chi connectivity index (χ4v) is 10.3. The topological polar surface area (TPSA) is 0 Å². The molecule has 0 rings (SSSR count). The van der Waals surface area contributed by atoms with Gasteiger partial charge in [0.2, 0.25) is 0 Å². The van der Waals surface area contributed by atoms with Crippen LogP contribution >= 0.6 is 10.0 Å². The van der Waals surface area contributed by atoms with Gasteiger partial charge in [0.15, 0.2) is 0 Å². The van der Waals surface area contributed by atoms with E-state index in [-0.39, 0.29) is 10.0 Å². The van der Waals surface area contributed by atoms with Crippen molar-refractivity contribution < 1.29 is 0 Å². The molecule has 0 aromatic carbocycles. The van der Waals surface area contributed by atoms with Gasteiger partial charge in [-0.05, 0) is 48.7 Å². The summed E-state index contributed by atoms with van der Waals surface area (Å²) in [5.41, 5.74) is 0. The maximum atomic E-state index is 2.42. The van der Waals surface area contributed by atoms with Crippen LogP contribution in [0, 0.1) is 0 Å². The fourth-order valence-electron chi connectivity index (χ4n) is 5.69. The van der Waals surface area contributed by atoms with Crippen molar-refractivity contribution in [1.29, 1.82) is 0 Å². The third kappa shape index (κ3) is 24.4. The largest absolute Gasteiger partial charge is 0.241 e. The van der Waals surface area contributed by atoms with Crippen LogP contribution in [-0.2, 0) is 0 Å². The van der Waals surface area contributed by atoms with Crippen molar-refractivity contribution in [1.82, 2.24) is 0 Å². The van der Waals surface area contributed by atoms with E-state index < -0.39 is 0 Å². The maximum Gasteiger partial charge on any atom is -0.0228 e. The highest BCUT2D eigenvalue weighted by molar-refractivity contribution is 8.33. The van der Waals surface area contributed by atoms with Crippen LogP contribution in [0.2, 0.25) is 0 Å². The highest BCUT2D eigenvalue weighted by atomic mass is 32.3. The molecule has 0 N–H and O–H groups in total. The molecule has 0 bridgehead atoms. The average molecular weight is 513 g/mol. The third-order valence-corrected chi connectivity index (χ3v) is 12.8. The molecule has 0 aromatic heterocycles. The van der Waals surface area contributed by atoms with Crippen molar-refractivity contribution >= 4 is 10.0 Å².